The summed E-state index contributed by atoms with van der Waals surface area (Å²) in [5.74, 6) is 0.188. The highest BCUT2D eigenvalue weighted by Crippen LogP contribution is 2.24. The van der Waals surface area contributed by atoms with E-state index in [0.29, 0.717) is 17.9 Å². The van der Waals surface area contributed by atoms with Crippen molar-refractivity contribution in [2.24, 2.45) is 5.92 Å². The second-order valence-corrected chi connectivity index (χ2v) is 7.23. The Morgan fingerprint density at radius 1 is 1.35 bits per heavy atom. The molecule has 1 aromatic rings. The Labute approximate surface area is 106 Å². The van der Waals surface area contributed by atoms with Crippen LogP contribution in [0.5, 0.6) is 0 Å². The van der Waals surface area contributed by atoms with E-state index >= 15 is 0 Å². The number of benzene rings is 1. The molecule has 1 heterocycles. The van der Waals surface area contributed by atoms with Gasteiger partial charge in [-0.05, 0) is 30.5 Å². The third kappa shape index (κ3) is 3.44. The van der Waals surface area contributed by atoms with Gasteiger partial charge in [-0.15, -0.1) is 0 Å². The lowest BCUT2D eigenvalue weighted by molar-refractivity contribution is 0.120. The monoisotopic (exact) mass is 274 g/mol. The van der Waals surface area contributed by atoms with Crippen LogP contribution >= 0.6 is 11.6 Å². The maximum atomic E-state index is 11.3. The second-order valence-electron chi connectivity index (χ2n) is 4.56. The van der Waals surface area contributed by atoms with E-state index in [1.54, 1.807) is 12.1 Å². The molecule has 94 valence electrons. The maximum absolute atomic E-state index is 11.3. The molecule has 1 aliphatic heterocycles. The molecule has 1 aliphatic rings. The summed E-state index contributed by atoms with van der Waals surface area (Å²) in [5, 5.41) is 10.7. The number of hydrogen-bond acceptors (Lipinski definition) is 3. The molecule has 0 radical (unpaired) electrons. The maximum Gasteiger partial charge on any atom is 0.150 e. The molecule has 2 unspecified atom stereocenters. The standard InChI is InChI=1S/C12H15ClO3S/c13-11-3-1-9(2-4-11)7-12(14)10-5-6-17(15,16)8-10/h1-4,10,12,14H,5-8H2. The van der Waals surface area contributed by atoms with Gasteiger partial charge in [-0.25, -0.2) is 8.42 Å². The summed E-state index contributed by atoms with van der Waals surface area (Å²) in [5.41, 5.74) is 0.978. The van der Waals surface area contributed by atoms with Crippen molar-refractivity contribution in [3.05, 3.63) is 34.9 Å². The van der Waals surface area contributed by atoms with Crippen molar-refractivity contribution < 1.29 is 13.5 Å². The van der Waals surface area contributed by atoms with Gasteiger partial charge in [0, 0.05) is 10.9 Å². The zero-order chi connectivity index (χ0) is 12.5. The Bertz CT molecular complexity index is 481. The van der Waals surface area contributed by atoms with Crippen molar-refractivity contribution in [2.45, 2.75) is 18.9 Å². The van der Waals surface area contributed by atoms with Crippen LogP contribution in [0.3, 0.4) is 0 Å². The molecule has 1 N–H and O–H groups in total. The minimum absolute atomic E-state index is 0.113. The first kappa shape index (κ1) is 12.9. The Balaban J connectivity index is 1.98. The van der Waals surface area contributed by atoms with Crippen LogP contribution in [0.25, 0.3) is 0 Å². The van der Waals surface area contributed by atoms with Crippen LogP contribution in [-0.2, 0) is 16.3 Å². The zero-order valence-corrected chi connectivity index (χ0v) is 10.9. The lowest BCUT2D eigenvalue weighted by Gasteiger charge is -2.16. The van der Waals surface area contributed by atoms with Crippen LogP contribution in [-0.4, -0.2) is 31.1 Å². The normalized spacial score (nSPS) is 24.7. The van der Waals surface area contributed by atoms with E-state index in [1.807, 2.05) is 12.1 Å². The molecule has 5 heteroatoms. The van der Waals surface area contributed by atoms with E-state index in [2.05, 4.69) is 0 Å². The topological polar surface area (TPSA) is 54.4 Å². The van der Waals surface area contributed by atoms with Gasteiger partial charge in [0.2, 0.25) is 0 Å². The highest BCUT2D eigenvalue weighted by molar-refractivity contribution is 7.91. The average Bonchev–Trinajstić information content (AvgIpc) is 2.62. The van der Waals surface area contributed by atoms with Gasteiger partial charge < -0.3 is 5.11 Å². The van der Waals surface area contributed by atoms with E-state index in [9.17, 15) is 13.5 Å². The van der Waals surface area contributed by atoms with E-state index in [0.717, 1.165) is 5.56 Å². The number of sulfone groups is 1. The van der Waals surface area contributed by atoms with E-state index < -0.39 is 15.9 Å². The van der Waals surface area contributed by atoms with Crippen LogP contribution in [0.2, 0.25) is 5.02 Å². The van der Waals surface area contributed by atoms with Crippen molar-refractivity contribution in [2.75, 3.05) is 11.5 Å². The molecule has 0 amide bonds. The molecule has 2 rings (SSSR count). The second kappa shape index (κ2) is 4.96. The van der Waals surface area contributed by atoms with Gasteiger partial charge in [0.05, 0.1) is 17.6 Å². The molecule has 17 heavy (non-hydrogen) atoms. The molecule has 1 fully saturated rings. The predicted octanol–water partition coefficient (Wildman–Crippen LogP) is 1.68. The summed E-state index contributed by atoms with van der Waals surface area (Å²) < 4.78 is 22.6. The van der Waals surface area contributed by atoms with Crippen molar-refractivity contribution in [3.8, 4) is 0 Å². The molecule has 3 nitrogen and oxygen atoms in total. The van der Waals surface area contributed by atoms with Crippen LogP contribution in [0, 0.1) is 5.92 Å². The third-order valence-electron chi connectivity index (χ3n) is 3.17. The molecule has 1 aromatic carbocycles. The Morgan fingerprint density at radius 3 is 2.53 bits per heavy atom. The summed E-state index contributed by atoms with van der Waals surface area (Å²) in [4.78, 5) is 0. The molecule has 0 spiro atoms. The molecular weight excluding hydrogens is 260 g/mol. The van der Waals surface area contributed by atoms with Crippen molar-refractivity contribution in [1.82, 2.24) is 0 Å². The number of aliphatic hydroxyl groups is 1. The quantitative estimate of drug-likeness (QED) is 0.912. The molecule has 2 atom stereocenters. The number of hydrogen-bond donors (Lipinski definition) is 1. The lowest BCUT2D eigenvalue weighted by Crippen LogP contribution is -2.23. The fraction of sp³-hybridized carbons (Fsp3) is 0.500. The number of aliphatic hydroxyl groups excluding tert-OH is 1. The summed E-state index contributed by atoms with van der Waals surface area (Å²) >= 11 is 5.77. The van der Waals surface area contributed by atoms with Crippen LogP contribution in [0.1, 0.15) is 12.0 Å². The smallest absolute Gasteiger partial charge is 0.150 e. The number of halogens is 1. The van der Waals surface area contributed by atoms with E-state index in [-0.39, 0.29) is 17.4 Å². The largest absolute Gasteiger partial charge is 0.392 e. The molecule has 0 aromatic heterocycles. The zero-order valence-electron chi connectivity index (χ0n) is 9.34. The highest BCUT2D eigenvalue weighted by Gasteiger charge is 2.32. The Morgan fingerprint density at radius 2 is 2.00 bits per heavy atom. The van der Waals surface area contributed by atoms with Crippen molar-refractivity contribution >= 4 is 21.4 Å². The third-order valence-corrected chi connectivity index (χ3v) is 5.22. The fourth-order valence-electron chi connectivity index (χ4n) is 2.16. The Kier molecular flexibility index (Phi) is 3.76. The SMILES string of the molecule is O=S1(=O)CCC(C(O)Cc2ccc(Cl)cc2)C1. The van der Waals surface area contributed by atoms with Crippen molar-refractivity contribution in [1.29, 1.82) is 0 Å². The minimum atomic E-state index is -2.92. The lowest BCUT2D eigenvalue weighted by atomic mass is 9.96. The van der Waals surface area contributed by atoms with Gasteiger partial charge in [-0.3, -0.25) is 0 Å². The molecule has 0 saturated carbocycles. The molecular formula is C12H15ClO3S. The summed E-state index contributed by atoms with van der Waals surface area (Å²) in [6, 6.07) is 7.26. The first-order valence-electron chi connectivity index (χ1n) is 5.59. The van der Waals surface area contributed by atoms with E-state index in [4.69, 9.17) is 11.6 Å². The van der Waals surface area contributed by atoms with Crippen LogP contribution < -0.4 is 0 Å². The van der Waals surface area contributed by atoms with Gasteiger partial charge in [0.25, 0.3) is 0 Å². The summed E-state index contributed by atoms with van der Waals surface area (Å²) in [6.07, 6.45) is 0.461. The summed E-state index contributed by atoms with van der Waals surface area (Å²) in [7, 11) is -2.92. The highest BCUT2D eigenvalue weighted by atomic mass is 35.5. The van der Waals surface area contributed by atoms with E-state index in [1.165, 1.54) is 0 Å². The summed E-state index contributed by atoms with van der Waals surface area (Å²) in [6.45, 7) is 0. The first-order chi connectivity index (χ1) is 7.96. The Hall–Kier alpha value is -0.580. The van der Waals surface area contributed by atoms with Gasteiger partial charge in [-0.2, -0.15) is 0 Å². The number of rotatable bonds is 3. The van der Waals surface area contributed by atoms with Crippen LogP contribution in [0.15, 0.2) is 24.3 Å². The molecule has 1 saturated heterocycles. The van der Waals surface area contributed by atoms with Crippen molar-refractivity contribution in [3.63, 3.8) is 0 Å². The average molecular weight is 275 g/mol. The van der Waals surface area contributed by atoms with Gasteiger partial charge in [0.15, 0.2) is 9.84 Å². The molecule has 0 bridgehead atoms. The van der Waals surface area contributed by atoms with Gasteiger partial charge >= 0.3 is 0 Å². The fourth-order valence-corrected chi connectivity index (χ4v) is 4.15. The van der Waals surface area contributed by atoms with Gasteiger partial charge in [-0.1, -0.05) is 23.7 Å². The minimum Gasteiger partial charge on any atom is -0.392 e. The predicted molar refractivity (Wildman–Crippen MR) is 67.9 cm³/mol. The molecule has 0 aliphatic carbocycles. The van der Waals surface area contributed by atoms with Crippen LogP contribution in [0.4, 0.5) is 0 Å². The first-order valence-corrected chi connectivity index (χ1v) is 7.79. The van der Waals surface area contributed by atoms with Gasteiger partial charge in [0.1, 0.15) is 0 Å².